The maximum Gasteiger partial charge on any atom is 0.351 e. The van der Waals surface area contributed by atoms with Gasteiger partial charge in [0.1, 0.15) is 11.4 Å². The lowest BCUT2D eigenvalue weighted by atomic mass is 10.2. The van der Waals surface area contributed by atoms with Crippen LogP contribution in [-0.4, -0.2) is 41.6 Å². The van der Waals surface area contributed by atoms with Gasteiger partial charge in [0.15, 0.2) is 9.84 Å². The summed E-state index contributed by atoms with van der Waals surface area (Å²) in [4.78, 5) is 19.7. The van der Waals surface area contributed by atoms with Crippen LogP contribution in [0.1, 0.15) is 5.89 Å². The highest BCUT2D eigenvalue weighted by molar-refractivity contribution is 7.90. The Morgan fingerprint density at radius 2 is 1.97 bits per heavy atom. The molecule has 0 aliphatic carbocycles. The first-order valence-electron chi connectivity index (χ1n) is 8.33. The molecule has 11 heteroatoms. The lowest BCUT2D eigenvalue weighted by Crippen LogP contribution is -2.13. The molecule has 1 aromatic heterocycles. The minimum atomic E-state index is -3.43. The number of benzene rings is 2. The molecule has 0 amide bonds. The Morgan fingerprint density at radius 3 is 2.63 bits per heavy atom. The van der Waals surface area contributed by atoms with Gasteiger partial charge in [-0.15, -0.1) is 0 Å². The van der Waals surface area contributed by atoms with E-state index in [-0.39, 0.29) is 22.3 Å². The lowest BCUT2D eigenvalue weighted by Gasteiger charge is -2.01. The van der Waals surface area contributed by atoms with Crippen molar-refractivity contribution in [3.8, 4) is 11.4 Å². The third-order valence-electron chi connectivity index (χ3n) is 3.80. The smallest absolute Gasteiger partial charge is 0.351 e. The molecule has 0 atom stereocenters. The van der Waals surface area contributed by atoms with Crippen LogP contribution in [-0.2, 0) is 14.6 Å². The zero-order valence-corrected chi connectivity index (χ0v) is 17.1. The Hall–Kier alpha value is -3.50. The average Bonchev–Trinajstić information content (AvgIpc) is 3.18. The number of halogens is 1. The molecule has 0 unspecified atom stereocenters. The molecule has 0 radical (unpaired) electrons. The third-order valence-corrected chi connectivity index (χ3v) is 5.23. The number of rotatable bonds is 6. The van der Waals surface area contributed by atoms with Crippen LogP contribution in [0.15, 0.2) is 74.7 Å². The van der Waals surface area contributed by atoms with Gasteiger partial charge in [0.05, 0.1) is 15.6 Å². The van der Waals surface area contributed by atoms with Crippen molar-refractivity contribution in [2.24, 2.45) is 10.7 Å². The van der Waals surface area contributed by atoms with Crippen LogP contribution in [0.4, 0.5) is 5.69 Å². The summed E-state index contributed by atoms with van der Waals surface area (Å²) in [6.07, 6.45) is 2.15. The summed E-state index contributed by atoms with van der Waals surface area (Å²) in [5.41, 5.74) is 5.72. The lowest BCUT2D eigenvalue weighted by molar-refractivity contribution is -0.132. The summed E-state index contributed by atoms with van der Waals surface area (Å²) in [5.74, 6) is -1.40. The minimum Gasteiger partial charge on any atom is -0.477 e. The largest absolute Gasteiger partial charge is 0.477 e. The molecule has 154 valence electrons. The molecular weight excluding hydrogens is 432 g/mol. The quantitative estimate of drug-likeness (QED) is 0.433. The number of hydrogen-bond donors (Lipinski definition) is 2. The van der Waals surface area contributed by atoms with Gasteiger partial charge in [-0.3, -0.25) is 0 Å². The van der Waals surface area contributed by atoms with E-state index in [1.165, 1.54) is 12.1 Å². The molecule has 30 heavy (non-hydrogen) atoms. The van der Waals surface area contributed by atoms with Gasteiger partial charge in [-0.25, -0.2) is 18.2 Å². The third kappa shape index (κ3) is 4.91. The van der Waals surface area contributed by atoms with Crippen LogP contribution in [0.3, 0.4) is 0 Å². The van der Waals surface area contributed by atoms with Crippen LogP contribution in [0.2, 0.25) is 5.02 Å². The maximum atomic E-state index is 11.8. The molecule has 0 bridgehead atoms. The van der Waals surface area contributed by atoms with Crippen molar-refractivity contribution in [1.29, 1.82) is 0 Å². The molecule has 1 heterocycles. The second kappa shape index (κ2) is 8.47. The molecule has 0 fully saturated rings. The van der Waals surface area contributed by atoms with Crippen LogP contribution < -0.4 is 5.73 Å². The van der Waals surface area contributed by atoms with Crippen molar-refractivity contribution in [1.82, 2.24) is 10.1 Å². The summed E-state index contributed by atoms with van der Waals surface area (Å²) in [5, 5.41) is 13.2. The van der Waals surface area contributed by atoms with E-state index in [4.69, 9.17) is 27.0 Å². The van der Waals surface area contributed by atoms with Gasteiger partial charge in [-0.2, -0.15) is 4.98 Å². The highest BCUT2D eigenvalue weighted by Crippen LogP contribution is 2.26. The Kier molecular flexibility index (Phi) is 5.99. The molecule has 3 N–H and O–H groups in total. The number of allylic oxidation sites excluding steroid dienone is 1. The standard InChI is InChI=1S/C19H15ClN4O5S/c1-30(27,28)12-6-4-5-11(9-12)17-23-18(29-24-17)16(10-14(21)19(25)26)22-15-8-3-2-7-13(15)20/h2-10H,21H2,1H3,(H,25,26)/b14-10-,22-16?. The number of carboxylic acids is 1. The predicted molar refractivity (Wildman–Crippen MR) is 110 cm³/mol. The van der Waals surface area contributed by atoms with Gasteiger partial charge in [0.25, 0.3) is 5.89 Å². The van der Waals surface area contributed by atoms with Gasteiger partial charge >= 0.3 is 5.97 Å². The van der Waals surface area contributed by atoms with Gasteiger partial charge in [0.2, 0.25) is 5.82 Å². The topological polar surface area (TPSA) is 149 Å². The monoisotopic (exact) mass is 446 g/mol. The number of aliphatic imine (C=N–C) groups is 1. The first-order chi connectivity index (χ1) is 14.1. The maximum absolute atomic E-state index is 11.8. The number of nitrogens with zero attached hydrogens (tertiary/aromatic N) is 3. The van der Waals surface area contributed by atoms with E-state index in [0.29, 0.717) is 16.3 Å². The highest BCUT2D eigenvalue weighted by atomic mass is 35.5. The molecule has 9 nitrogen and oxygen atoms in total. The molecular formula is C19H15ClN4O5S. The van der Waals surface area contributed by atoms with E-state index in [1.807, 2.05) is 0 Å². The van der Waals surface area contributed by atoms with Crippen molar-refractivity contribution in [2.45, 2.75) is 4.90 Å². The fraction of sp³-hybridized carbons (Fsp3) is 0.0526. The van der Waals surface area contributed by atoms with E-state index in [0.717, 1.165) is 12.3 Å². The highest BCUT2D eigenvalue weighted by Gasteiger charge is 2.17. The van der Waals surface area contributed by atoms with Gasteiger partial charge in [-0.1, -0.05) is 41.0 Å². The van der Waals surface area contributed by atoms with Crippen molar-refractivity contribution < 1.29 is 22.8 Å². The zero-order chi connectivity index (χ0) is 21.9. The van der Waals surface area contributed by atoms with Gasteiger partial charge in [-0.05, 0) is 30.3 Å². The second-order valence-corrected chi connectivity index (χ2v) is 8.50. The van der Waals surface area contributed by atoms with Crippen LogP contribution in [0.25, 0.3) is 11.4 Å². The number of aliphatic carboxylic acids is 1. The molecule has 3 rings (SSSR count). The zero-order valence-electron chi connectivity index (χ0n) is 15.5. The van der Waals surface area contributed by atoms with Crippen LogP contribution >= 0.6 is 11.6 Å². The van der Waals surface area contributed by atoms with Crippen molar-refractivity contribution in [3.05, 3.63) is 71.2 Å². The summed E-state index contributed by atoms with van der Waals surface area (Å²) < 4.78 is 28.8. The van der Waals surface area contributed by atoms with E-state index in [9.17, 15) is 13.2 Å². The Bertz CT molecular complexity index is 1280. The normalized spacial score (nSPS) is 12.7. The first-order valence-corrected chi connectivity index (χ1v) is 10.6. The van der Waals surface area contributed by atoms with E-state index in [2.05, 4.69) is 15.1 Å². The number of aromatic nitrogens is 2. The number of sulfone groups is 1. The molecule has 0 aliphatic heterocycles. The Balaban J connectivity index is 2.09. The van der Waals surface area contributed by atoms with E-state index < -0.39 is 21.5 Å². The molecule has 0 aliphatic rings. The molecule has 0 spiro atoms. The van der Waals surface area contributed by atoms with Gasteiger partial charge in [0, 0.05) is 11.8 Å². The Morgan fingerprint density at radius 1 is 1.23 bits per heavy atom. The van der Waals surface area contributed by atoms with Crippen molar-refractivity contribution in [3.63, 3.8) is 0 Å². The average molecular weight is 447 g/mol. The molecule has 2 aromatic carbocycles. The summed E-state index contributed by atoms with van der Waals surface area (Å²) in [6.45, 7) is 0. The predicted octanol–water partition coefficient (Wildman–Crippen LogP) is 2.84. The SMILES string of the molecule is CS(=O)(=O)c1cccc(-c2noc(C(/C=C(\N)C(=O)O)=Nc3ccccc3Cl)n2)c1. The summed E-state index contributed by atoms with van der Waals surface area (Å²) in [6, 6.07) is 12.6. The van der Waals surface area contributed by atoms with E-state index >= 15 is 0 Å². The number of nitrogens with two attached hydrogens (primary N) is 1. The number of para-hydroxylation sites is 1. The van der Waals surface area contributed by atoms with Crippen molar-refractivity contribution in [2.75, 3.05) is 6.26 Å². The second-order valence-electron chi connectivity index (χ2n) is 6.08. The van der Waals surface area contributed by atoms with Crippen LogP contribution in [0.5, 0.6) is 0 Å². The first kappa shape index (κ1) is 21.2. The fourth-order valence-electron chi connectivity index (χ4n) is 2.33. The minimum absolute atomic E-state index is 0.0268. The number of hydrogen-bond acceptors (Lipinski definition) is 8. The van der Waals surface area contributed by atoms with Gasteiger partial charge < -0.3 is 15.4 Å². The Labute approximate surface area is 176 Å². The molecule has 0 saturated heterocycles. The fourth-order valence-corrected chi connectivity index (χ4v) is 3.18. The summed E-state index contributed by atoms with van der Waals surface area (Å²) in [7, 11) is -3.43. The molecule has 0 saturated carbocycles. The molecule has 3 aromatic rings. The van der Waals surface area contributed by atoms with Crippen molar-refractivity contribution >= 4 is 38.8 Å². The number of carboxylic acid groups (broad SMARTS) is 1. The number of carbonyl (C=O) groups is 1. The summed E-state index contributed by atoms with van der Waals surface area (Å²) >= 11 is 6.12. The van der Waals surface area contributed by atoms with Crippen LogP contribution in [0, 0.1) is 0 Å². The van der Waals surface area contributed by atoms with E-state index in [1.54, 1.807) is 36.4 Å².